The lowest BCUT2D eigenvalue weighted by atomic mass is 10.1. The average molecular weight is 292 g/mol. The van der Waals surface area contributed by atoms with Gasteiger partial charge < -0.3 is 10.1 Å². The molecule has 1 heterocycles. The summed E-state index contributed by atoms with van der Waals surface area (Å²) in [7, 11) is 1.75. The maximum absolute atomic E-state index is 13.4. The molecule has 1 aromatic rings. The van der Waals surface area contributed by atoms with Crippen LogP contribution in [0.15, 0.2) is 18.2 Å². The Bertz CT molecular complexity index is 474. The molecule has 0 amide bonds. The lowest BCUT2D eigenvalue weighted by Crippen LogP contribution is -2.40. The molecule has 0 spiro atoms. The number of ether oxygens (including phenoxy) is 1. The number of methoxy groups -OCH3 is 1. The van der Waals surface area contributed by atoms with Gasteiger partial charge in [0, 0.05) is 32.3 Å². The average Bonchev–Trinajstić information content (AvgIpc) is 3.12. The predicted molar refractivity (Wildman–Crippen MR) is 81.9 cm³/mol. The van der Waals surface area contributed by atoms with Gasteiger partial charge in [0.2, 0.25) is 0 Å². The molecule has 0 aromatic heterocycles. The van der Waals surface area contributed by atoms with Crippen LogP contribution in [0.3, 0.4) is 0 Å². The molecule has 0 saturated carbocycles. The second-order valence-electron chi connectivity index (χ2n) is 6.18. The fraction of sp³-hybridized carbons (Fsp3) is 0.647. The third-order valence-corrected chi connectivity index (χ3v) is 4.79. The second kappa shape index (κ2) is 6.86. The molecule has 2 atom stereocenters. The molecular formula is C17H25FN2O. The number of nitrogens with zero attached hydrogens (tertiary/aromatic N) is 1. The van der Waals surface area contributed by atoms with Gasteiger partial charge in [0.1, 0.15) is 5.82 Å². The molecule has 1 aromatic carbocycles. The minimum absolute atomic E-state index is 0.115. The molecule has 1 N–H and O–H groups in total. The number of hydrogen-bond acceptors (Lipinski definition) is 3. The molecule has 0 bridgehead atoms. The Labute approximate surface area is 126 Å². The molecule has 3 nitrogen and oxygen atoms in total. The first kappa shape index (κ1) is 14.9. The van der Waals surface area contributed by atoms with Crippen molar-refractivity contribution in [3.63, 3.8) is 0 Å². The predicted octanol–water partition coefficient (Wildman–Crippen LogP) is 2.51. The lowest BCUT2D eigenvalue weighted by Gasteiger charge is -2.31. The standard InChI is InChI=1S/C17H25FN2O/c1-21-10-9-20(12-15-3-2-8-19-15)17-7-4-13-11-14(18)5-6-16(13)17/h5-6,11,15,17,19H,2-4,7-10,12H2,1H3. The molecule has 0 radical (unpaired) electrons. The highest BCUT2D eigenvalue weighted by Crippen LogP contribution is 2.36. The van der Waals surface area contributed by atoms with E-state index in [2.05, 4.69) is 10.2 Å². The van der Waals surface area contributed by atoms with E-state index < -0.39 is 0 Å². The zero-order valence-electron chi connectivity index (χ0n) is 12.8. The van der Waals surface area contributed by atoms with Gasteiger partial charge in [-0.25, -0.2) is 4.39 Å². The van der Waals surface area contributed by atoms with Gasteiger partial charge >= 0.3 is 0 Å². The van der Waals surface area contributed by atoms with E-state index in [9.17, 15) is 4.39 Å². The highest BCUT2D eigenvalue weighted by molar-refractivity contribution is 5.35. The van der Waals surface area contributed by atoms with Crippen LogP contribution in [-0.2, 0) is 11.2 Å². The van der Waals surface area contributed by atoms with Crippen LogP contribution >= 0.6 is 0 Å². The first-order chi connectivity index (χ1) is 10.3. The summed E-state index contributed by atoms with van der Waals surface area (Å²) in [6.45, 7) is 3.88. The van der Waals surface area contributed by atoms with E-state index in [0.29, 0.717) is 12.1 Å². The molecule has 2 aliphatic rings. The van der Waals surface area contributed by atoms with Crippen molar-refractivity contribution in [2.45, 2.75) is 37.8 Å². The Balaban J connectivity index is 1.74. The van der Waals surface area contributed by atoms with Crippen molar-refractivity contribution in [3.05, 3.63) is 35.1 Å². The van der Waals surface area contributed by atoms with Crippen molar-refractivity contribution >= 4 is 0 Å². The topological polar surface area (TPSA) is 24.5 Å². The van der Waals surface area contributed by atoms with E-state index in [0.717, 1.165) is 39.1 Å². The molecule has 21 heavy (non-hydrogen) atoms. The zero-order valence-corrected chi connectivity index (χ0v) is 12.8. The zero-order chi connectivity index (χ0) is 14.7. The summed E-state index contributed by atoms with van der Waals surface area (Å²) in [5.41, 5.74) is 2.49. The minimum atomic E-state index is -0.115. The molecular weight excluding hydrogens is 267 g/mol. The van der Waals surface area contributed by atoms with Gasteiger partial charge in [-0.2, -0.15) is 0 Å². The maximum atomic E-state index is 13.4. The van der Waals surface area contributed by atoms with Gasteiger partial charge in [-0.15, -0.1) is 0 Å². The van der Waals surface area contributed by atoms with Gasteiger partial charge in [-0.3, -0.25) is 4.90 Å². The number of halogens is 1. The number of benzene rings is 1. The van der Waals surface area contributed by atoms with Crippen molar-refractivity contribution in [1.29, 1.82) is 0 Å². The van der Waals surface area contributed by atoms with Crippen LogP contribution < -0.4 is 5.32 Å². The number of rotatable bonds is 6. The van der Waals surface area contributed by atoms with Gasteiger partial charge in [0.25, 0.3) is 0 Å². The van der Waals surface area contributed by atoms with Crippen LogP contribution in [0, 0.1) is 5.82 Å². The highest BCUT2D eigenvalue weighted by atomic mass is 19.1. The Hall–Kier alpha value is -0.970. The Morgan fingerprint density at radius 1 is 1.38 bits per heavy atom. The number of aryl methyl sites for hydroxylation is 1. The highest BCUT2D eigenvalue weighted by Gasteiger charge is 2.30. The van der Waals surface area contributed by atoms with Crippen LogP contribution in [0.4, 0.5) is 4.39 Å². The first-order valence-corrected chi connectivity index (χ1v) is 8.02. The quantitative estimate of drug-likeness (QED) is 0.872. The Morgan fingerprint density at radius 3 is 3.05 bits per heavy atom. The summed E-state index contributed by atoms with van der Waals surface area (Å²) in [6, 6.07) is 6.28. The molecule has 2 unspecified atom stereocenters. The van der Waals surface area contributed by atoms with Crippen molar-refractivity contribution in [1.82, 2.24) is 10.2 Å². The first-order valence-electron chi connectivity index (χ1n) is 8.02. The summed E-state index contributed by atoms with van der Waals surface area (Å²) in [5.74, 6) is -0.115. The Kier molecular flexibility index (Phi) is 4.88. The monoisotopic (exact) mass is 292 g/mol. The molecule has 1 aliphatic carbocycles. The van der Waals surface area contributed by atoms with Crippen LogP contribution in [0.25, 0.3) is 0 Å². The summed E-state index contributed by atoms with van der Waals surface area (Å²) in [6.07, 6.45) is 4.61. The molecule has 3 rings (SSSR count). The molecule has 4 heteroatoms. The van der Waals surface area contributed by atoms with Crippen molar-refractivity contribution in [2.75, 3.05) is 33.4 Å². The Morgan fingerprint density at radius 2 is 2.29 bits per heavy atom. The molecule has 1 fully saturated rings. The normalized spacial score (nSPS) is 24.7. The van der Waals surface area contributed by atoms with Gasteiger partial charge in [0.15, 0.2) is 0 Å². The van der Waals surface area contributed by atoms with E-state index in [1.165, 1.54) is 24.0 Å². The second-order valence-corrected chi connectivity index (χ2v) is 6.18. The molecule has 1 aliphatic heterocycles. The summed E-state index contributed by atoms with van der Waals surface area (Å²) in [4.78, 5) is 2.52. The van der Waals surface area contributed by atoms with Crippen LogP contribution in [0.2, 0.25) is 0 Å². The van der Waals surface area contributed by atoms with Gasteiger partial charge in [-0.05, 0) is 55.5 Å². The van der Waals surface area contributed by atoms with Crippen molar-refractivity contribution in [2.24, 2.45) is 0 Å². The van der Waals surface area contributed by atoms with E-state index in [1.54, 1.807) is 19.2 Å². The molecule has 116 valence electrons. The summed E-state index contributed by atoms with van der Waals surface area (Å²) in [5, 5.41) is 3.58. The third kappa shape index (κ3) is 3.44. The van der Waals surface area contributed by atoms with Gasteiger partial charge in [0.05, 0.1) is 6.61 Å². The van der Waals surface area contributed by atoms with Crippen molar-refractivity contribution < 1.29 is 9.13 Å². The smallest absolute Gasteiger partial charge is 0.123 e. The fourth-order valence-electron chi connectivity index (χ4n) is 3.72. The van der Waals surface area contributed by atoms with E-state index in [-0.39, 0.29) is 5.82 Å². The van der Waals surface area contributed by atoms with Gasteiger partial charge in [-0.1, -0.05) is 6.07 Å². The van der Waals surface area contributed by atoms with E-state index >= 15 is 0 Å². The fourth-order valence-corrected chi connectivity index (χ4v) is 3.72. The molecule has 1 saturated heterocycles. The van der Waals surface area contributed by atoms with E-state index in [4.69, 9.17) is 4.74 Å². The maximum Gasteiger partial charge on any atom is 0.123 e. The number of nitrogens with one attached hydrogen (secondary N) is 1. The lowest BCUT2D eigenvalue weighted by molar-refractivity contribution is 0.112. The third-order valence-electron chi connectivity index (χ3n) is 4.79. The SMILES string of the molecule is COCCN(CC1CCCN1)C1CCc2cc(F)ccc21. The number of hydrogen-bond donors (Lipinski definition) is 1. The van der Waals surface area contributed by atoms with E-state index in [1.807, 2.05) is 6.07 Å². The van der Waals surface area contributed by atoms with Crippen LogP contribution in [0.1, 0.15) is 36.4 Å². The van der Waals surface area contributed by atoms with Crippen LogP contribution in [-0.4, -0.2) is 44.3 Å². The summed E-state index contributed by atoms with van der Waals surface area (Å²) >= 11 is 0. The number of fused-ring (bicyclic) bond motifs is 1. The van der Waals surface area contributed by atoms with Crippen LogP contribution in [0.5, 0.6) is 0 Å². The summed E-state index contributed by atoms with van der Waals surface area (Å²) < 4.78 is 18.7. The minimum Gasteiger partial charge on any atom is -0.383 e. The van der Waals surface area contributed by atoms with Crippen molar-refractivity contribution in [3.8, 4) is 0 Å². The largest absolute Gasteiger partial charge is 0.383 e.